The molecular weight excluding hydrogens is 366 g/mol. The second-order valence-electron chi connectivity index (χ2n) is 6.88. The molecule has 1 amide bonds. The van der Waals surface area contributed by atoms with Crippen molar-refractivity contribution in [2.24, 2.45) is 0 Å². The average molecular weight is 389 g/mol. The number of ketones is 1. The SMILES string of the molecule is CC(=O)C1=C(O)C(=O)N(CCCN2CCOCC2)C1c1cccc([N+](=O)[O-])c1. The smallest absolute Gasteiger partial charge is 0.290 e. The van der Waals surface area contributed by atoms with Gasteiger partial charge in [-0.25, -0.2) is 0 Å². The Morgan fingerprint density at radius 2 is 2.04 bits per heavy atom. The monoisotopic (exact) mass is 389 g/mol. The maximum absolute atomic E-state index is 12.6. The molecule has 9 heteroatoms. The quantitative estimate of drug-likeness (QED) is 0.557. The Balaban J connectivity index is 1.83. The molecule has 0 bridgehead atoms. The molecule has 1 fully saturated rings. The van der Waals surface area contributed by atoms with Crippen LogP contribution >= 0.6 is 0 Å². The average Bonchev–Trinajstić information content (AvgIpc) is 2.94. The van der Waals surface area contributed by atoms with E-state index in [1.165, 1.54) is 30.0 Å². The maximum atomic E-state index is 12.6. The summed E-state index contributed by atoms with van der Waals surface area (Å²) < 4.78 is 5.32. The van der Waals surface area contributed by atoms with Crippen molar-refractivity contribution < 1.29 is 24.4 Å². The number of benzene rings is 1. The molecule has 1 unspecified atom stereocenters. The van der Waals surface area contributed by atoms with Gasteiger partial charge in [-0.05, 0) is 18.9 Å². The summed E-state index contributed by atoms with van der Waals surface area (Å²) in [6, 6.07) is 5.00. The minimum atomic E-state index is -0.824. The Labute approximate surface area is 162 Å². The van der Waals surface area contributed by atoms with Crippen LogP contribution < -0.4 is 0 Å². The molecule has 3 rings (SSSR count). The van der Waals surface area contributed by atoms with Crippen LogP contribution in [0.25, 0.3) is 0 Å². The Morgan fingerprint density at radius 1 is 1.32 bits per heavy atom. The Hall–Kier alpha value is -2.78. The van der Waals surface area contributed by atoms with Crippen molar-refractivity contribution >= 4 is 17.4 Å². The van der Waals surface area contributed by atoms with Gasteiger partial charge in [-0.15, -0.1) is 0 Å². The highest BCUT2D eigenvalue weighted by atomic mass is 16.6. The molecule has 2 heterocycles. The van der Waals surface area contributed by atoms with E-state index in [-0.39, 0.29) is 11.3 Å². The Bertz CT molecular complexity index is 816. The first-order valence-corrected chi connectivity index (χ1v) is 9.19. The highest BCUT2D eigenvalue weighted by Crippen LogP contribution is 2.38. The molecule has 1 N–H and O–H groups in total. The zero-order valence-corrected chi connectivity index (χ0v) is 15.7. The van der Waals surface area contributed by atoms with E-state index in [9.17, 15) is 24.8 Å². The van der Waals surface area contributed by atoms with E-state index in [1.54, 1.807) is 6.07 Å². The number of non-ortho nitro benzene ring substituents is 1. The Kier molecular flexibility index (Phi) is 6.05. The molecule has 9 nitrogen and oxygen atoms in total. The van der Waals surface area contributed by atoms with E-state index >= 15 is 0 Å². The minimum absolute atomic E-state index is 0.0168. The summed E-state index contributed by atoms with van der Waals surface area (Å²) in [5.74, 6) is -1.63. The van der Waals surface area contributed by atoms with Gasteiger partial charge in [0.05, 0.1) is 29.8 Å². The number of morpholine rings is 1. The number of aliphatic hydroxyl groups excluding tert-OH is 1. The first kappa shape index (κ1) is 20.0. The zero-order valence-electron chi connectivity index (χ0n) is 15.7. The highest BCUT2D eigenvalue weighted by molar-refractivity contribution is 6.08. The van der Waals surface area contributed by atoms with E-state index < -0.39 is 28.4 Å². The van der Waals surface area contributed by atoms with Gasteiger partial charge in [0.25, 0.3) is 11.6 Å². The third-order valence-corrected chi connectivity index (χ3v) is 5.06. The van der Waals surface area contributed by atoms with Crippen LogP contribution in [0.1, 0.15) is 24.9 Å². The summed E-state index contributed by atoms with van der Waals surface area (Å²) >= 11 is 0. The van der Waals surface area contributed by atoms with E-state index in [2.05, 4.69) is 4.90 Å². The normalized spacial score (nSPS) is 20.7. The fourth-order valence-corrected chi connectivity index (χ4v) is 3.69. The first-order chi connectivity index (χ1) is 13.4. The van der Waals surface area contributed by atoms with Crippen molar-refractivity contribution in [3.05, 3.63) is 51.3 Å². The third-order valence-electron chi connectivity index (χ3n) is 5.06. The van der Waals surface area contributed by atoms with Crippen molar-refractivity contribution in [3.8, 4) is 0 Å². The topological polar surface area (TPSA) is 113 Å². The summed E-state index contributed by atoms with van der Waals surface area (Å²) in [4.78, 5) is 39.0. The number of nitro groups is 1. The lowest BCUT2D eigenvalue weighted by Crippen LogP contribution is -2.39. The lowest BCUT2D eigenvalue weighted by Gasteiger charge is -2.29. The van der Waals surface area contributed by atoms with Gasteiger partial charge < -0.3 is 14.7 Å². The molecule has 150 valence electrons. The van der Waals surface area contributed by atoms with Crippen LogP contribution in [-0.4, -0.2) is 70.9 Å². The number of rotatable bonds is 7. The van der Waals surface area contributed by atoms with Gasteiger partial charge in [-0.1, -0.05) is 12.1 Å². The number of hydrogen-bond acceptors (Lipinski definition) is 7. The molecule has 0 aliphatic carbocycles. The number of ether oxygens (including phenoxy) is 1. The summed E-state index contributed by atoms with van der Waals surface area (Å²) in [5, 5.41) is 21.4. The fraction of sp³-hybridized carbons (Fsp3) is 0.474. The molecule has 2 aliphatic rings. The lowest BCUT2D eigenvalue weighted by atomic mass is 9.96. The predicted molar refractivity (Wildman–Crippen MR) is 99.8 cm³/mol. The molecule has 1 aromatic carbocycles. The maximum Gasteiger partial charge on any atom is 0.290 e. The van der Waals surface area contributed by atoms with E-state index in [4.69, 9.17) is 4.74 Å². The summed E-state index contributed by atoms with van der Waals surface area (Å²) in [7, 11) is 0. The van der Waals surface area contributed by atoms with Gasteiger partial charge in [0, 0.05) is 38.3 Å². The molecule has 0 spiro atoms. The number of amides is 1. The van der Waals surface area contributed by atoms with Crippen LogP contribution in [-0.2, 0) is 14.3 Å². The van der Waals surface area contributed by atoms with Crippen molar-refractivity contribution in [1.82, 2.24) is 9.80 Å². The van der Waals surface area contributed by atoms with Gasteiger partial charge in [0.1, 0.15) is 0 Å². The largest absolute Gasteiger partial charge is 0.503 e. The number of carbonyl (C=O) groups is 2. The molecule has 1 aromatic rings. The second kappa shape index (κ2) is 8.49. The molecular formula is C19H23N3O6. The van der Waals surface area contributed by atoms with E-state index in [1.807, 2.05) is 0 Å². The number of carbonyl (C=O) groups excluding carboxylic acids is 2. The van der Waals surface area contributed by atoms with Crippen LogP contribution in [0, 0.1) is 10.1 Å². The molecule has 0 radical (unpaired) electrons. The third kappa shape index (κ3) is 4.05. The van der Waals surface area contributed by atoms with Crippen molar-refractivity contribution in [2.75, 3.05) is 39.4 Å². The molecule has 1 atom stereocenters. The Morgan fingerprint density at radius 3 is 2.68 bits per heavy atom. The number of nitrogens with zero attached hydrogens (tertiary/aromatic N) is 3. The number of Topliss-reactive ketones (excluding diaryl/α,β-unsaturated/α-hetero) is 1. The fourth-order valence-electron chi connectivity index (χ4n) is 3.69. The van der Waals surface area contributed by atoms with Crippen LogP contribution in [0.3, 0.4) is 0 Å². The first-order valence-electron chi connectivity index (χ1n) is 9.19. The van der Waals surface area contributed by atoms with Crippen LogP contribution in [0.4, 0.5) is 5.69 Å². The minimum Gasteiger partial charge on any atom is -0.503 e. The molecule has 0 aromatic heterocycles. The van der Waals surface area contributed by atoms with E-state index in [0.29, 0.717) is 31.7 Å². The van der Waals surface area contributed by atoms with Gasteiger partial charge in [-0.2, -0.15) is 0 Å². The van der Waals surface area contributed by atoms with Crippen molar-refractivity contribution in [2.45, 2.75) is 19.4 Å². The standard InChI is InChI=1S/C19H23N3O6/c1-13(23)16-17(14-4-2-5-15(12-14)22(26)27)21(19(25)18(16)24)7-3-6-20-8-10-28-11-9-20/h2,4-5,12,17,24H,3,6-11H2,1H3. The molecule has 28 heavy (non-hydrogen) atoms. The predicted octanol–water partition coefficient (Wildman–Crippen LogP) is 1.60. The van der Waals surface area contributed by atoms with Crippen molar-refractivity contribution in [1.29, 1.82) is 0 Å². The van der Waals surface area contributed by atoms with Gasteiger partial charge in [0.15, 0.2) is 11.5 Å². The zero-order chi connectivity index (χ0) is 20.3. The molecule has 2 aliphatic heterocycles. The van der Waals surface area contributed by atoms with Crippen LogP contribution in [0.5, 0.6) is 0 Å². The van der Waals surface area contributed by atoms with Crippen LogP contribution in [0.2, 0.25) is 0 Å². The summed E-state index contributed by atoms with van der Waals surface area (Å²) in [6.07, 6.45) is 0.648. The van der Waals surface area contributed by atoms with Gasteiger partial charge in [0.2, 0.25) is 0 Å². The van der Waals surface area contributed by atoms with Gasteiger partial charge >= 0.3 is 0 Å². The number of hydrogen-bond donors (Lipinski definition) is 1. The summed E-state index contributed by atoms with van der Waals surface area (Å²) in [6.45, 7) is 5.36. The highest BCUT2D eigenvalue weighted by Gasteiger charge is 2.42. The molecule has 0 saturated carbocycles. The molecule has 1 saturated heterocycles. The number of nitro benzene ring substituents is 1. The van der Waals surface area contributed by atoms with Crippen molar-refractivity contribution in [3.63, 3.8) is 0 Å². The van der Waals surface area contributed by atoms with E-state index in [0.717, 1.165) is 19.6 Å². The van der Waals surface area contributed by atoms with Gasteiger partial charge in [-0.3, -0.25) is 24.6 Å². The second-order valence-corrected chi connectivity index (χ2v) is 6.88. The lowest BCUT2D eigenvalue weighted by molar-refractivity contribution is -0.384. The summed E-state index contributed by atoms with van der Waals surface area (Å²) in [5.41, 5.74) is 0.285. The van der Waals surface area contributed by atoms with Crippen LogP contribution in [0.15, 0.2) is 35.6 Å². The number of aliphatic hydroxyl groups is 1.